The number of alkyl carbamates (subject to hydrolysis) is 1. The first-order valence-corrected chi connectivity index (χ1v) is 16.1. The molecule has 1 unspecified atom stereocenters. The van der Waals surface area contributed by atoms with Crippen LogP contribution in [0.5, 0.6) is 0 Å². The highest BCUT2D eigenvalue weighted by Crippen LogP contribution is 2.42. The molecule has 0 bridgehead atoms. The molecule has 6 atom stereocenters. The Kier molecular flexibility index (Phi) is 10.3. The summed E-state index contributed by atoms with van der Waals surface area (Å²) in [6.45, 7) is 4.28. The second-order valence-electron chi connectivity index (χ2n) is 12.5. The van der Waals surface area contributed by atoms with Crippen molar-refractivity contribution in [2.75, 3.05) is 19.6 Å². The first-order valence-electron chi connectivity index (χ1n) is 16.1. The summed E-state index contributed by atoms with van der Waals surface area (Å²) < 4.78 is 18.3. The number of carbonyl (C=O) groups excluding carboxylic acids is 3. The van der Waals surface area contributed by atoms with Crippen LogP contribution < -0.4 is 5.32 Å². The Hall–Kier alpha value is -4.13. The van der Waals surface area contributed by atoms with Crippen LogP contribution in [0.4, 0.5) is 4.79 Å². The summed E-state index contributed by atoms with van der Waals surface area (Å²) in [5.41, 5.74) is 4.16. The van der Waals surface area contributed by atoms with Gasteiger partial charge >= 0.3 is 6.09 Å². The van der Waals surface area contributed by atoms with Crippen LogP contribution in [0.2, 0.25) is 0 Å². The van der Waals surface area contributed by atoms with Crippen molar-refractivity contribution >= 4 is 17.9 Å². The fourth-order valence-corrected chi connectivity index (χ4v) is 6.39. The number of imide groups is 1. The molecular formula is C36H41N3O8. The fourth-order valence-electron chi connectivity index (χ4n) is 6.39. The monoisotopic (exact) mass is 643 g/mol. The summed E-state index contributed by atoms with van der Waals surface area (Å²) in [5.74, 6) is -0.827. The Bertz CT molecular complexity index is 1530. The van der Waals surface area contributed by atoms with Crippen LogP contribution in [0.25, 0.3) is 0 Å². The molecule has 3 saturated heterocycles. The Morgan fingerprint density at radius 2 is 1.64 bits per heavy atom. The van der Waals surface area contributed by atoms with Gasteiger partial charge in [0.25, 0.3) is 5.91 Å². The van der Waals surface area contributed by atoms with Crippen LogP contribution in [-0.4, -0.2) is 75.8 Å². The number of β-amino-alcohol motifs (C(OH)–C–C–N with tert-alkyl or cyclic N) is 1. The molecule has 47 heavy (non-hydrogen) atoms. The fraction of sp³-hybridized carbons (Fsp3) is 0.417. The number of ether oxygens (including phenoxy) is 3. The lowest BCUT2D eigenvalue weighted by molar-refractivity contribution is -0.276. The minimum atomic E-state index is -0.979. The molecule has 11 heteroatoms. The standard InChI is InChI=1S/C36H41N3O8/c1-23-31(20-38-16-15-29(41)19-38)46-35(47-33(23)27-11-9-25(21-40)10-12-27)28-13-7-24(8-14-28)18-39-32(42)17-30(34(39)43)37-36(44)45-22-26-5-3-2-4-6-26/h2-14,23,29-31,33,35,40-41H,15-22H2,1H3,(H,37,44)/t23-,29+,30?,31+,33+,35+/m1/s1. The molecule has 248 valence electrons. The number of aliphatic hydroxyl groups is 2. The highest BCUT2D eigenvalue weighted by atomic mass is 16.7. The van der Waals surface area contributed by atoms with Gasteiger partial charge in [0.15, 0.2) is 6.29 Å². The van der Waals surface area contributed by atoms with Gasteiger partial charge in [-0.25, -0.2) is 4.79 Å². The lowest BCUT2D eigenvalue weighted by Crippen LogP contribution is -2.44. The highest BCUT2D eigenvalue weighted by Gasteiger charge is 2.41. The van der Waals surface area contributed by atoms with Gasteiger partial charge in [-0.3, -0.25) is 19.4 Å². The van der Waals surface area contributed by atoms with Gasteiger partial charge in [-0.1, -0.05) is 85.8 Å². The van der Waals surface area contributed by atoms with E-state index in [4.69, 9.17) is 14.2 Å². The summed E-state index contributed by atoms with van der Waals surface area (Å²) in [7, 11) is 0. The van der Waals surface area contributed by atoms with Gasteiger partial charge in [0.2, 0.25) is 5.91 Å². The molecule has 6 rings (SSSR count). The third kappa shape index (κ3) is 7.89. The highest BCUT2D eigenvalue weighted by molar-refractivity contribution is 6.06. The molecule has 3 aromatic rings. The maximum atomic E-state index is 13.0. The molecule has 11 nitrogen and oxygen atoms in total. The van der Waals surface area contributed by atoms with Crippen molar-refractivity contribution < 1.29 is 38.8 Å². The summed E-state index contributed by atoms with van der Waals surface area (Å²) in [4.78, 5) is 41.5. The Morgan fingerprint density at radius 3 is 2.32 bits per heavy atom. The third-order valence-electron chi connectivity index (χ3n) is 9.15. The number of aliphatic hydroxyl groups excluding tert-OH is 2. The van der Waals surface area contributed by atoms with Crippen molar-refractivity contribution in [3.05, 3.63) is 107 Å². The van der Waals surface area contributed by atoms with Crippen molar-refractivity contribution in [2.45, 2.75) is 70.2 Å². The number of carbonyl (C=O) groups is 3. The molecule has 3 heterocycles. The Labute approximate surface area is 274 Å². The van der Waals surface area contributed by atoms with Gasteiger partial charge in [0, 0.05) is 31.1 Å². The van der Waals surface area contributed by atoms with E-state index in [0.717, 1.165) is 45.7 Å². The summed E-state index contributed by atoms with van der Waals surface area (Å²) in [6.07, 6.45) is -1.56. The zero-order chi connectivity index (χ0) is 32.9. The molecule has 3 fully saturated rings. The number of hydrogen-bond acceptors (Lipinski definition) is 9. The Balaban J connectivity index is 1.10. The van der Waals surface area contributed by atoms with E-state index in [1.54, 1.807) is 0 Å². The minimum absolute atomic E-state index is 0.0209. The van der Waals surface area contributed by atoms with Gasteiger partial charge in [-0.15, -0.1) is 0 Å². The first kappa shape index (κ1) is 32.8. The minimum Gasteiger partial charge on any atom is -0.445 e. The third-order valence-corrected chi connectivity index (χ3v) is 9.15. The maximum Gasteiger partial charge on any atom is 0.408 e. The SMILES string of the molecule is C[C@@H]1[C@H](CN2CC[C@H](O)C2)O[C@H](c2ccc(CN3C(=O)CC(NC(=O)OCc4ccccc4)C3=O)cc2)O[C@@H]1c1ccc(CO)cc1. The number of hydrogen-bond donors (Lipinski definition) is 3. The summed E-state index contributed by atoms with van der Waals surface area (Å²) >= 11 is 0. The second kappa shape index (κ2) is 14.7. The predicted molar refractivity (Wildman–Crippen MR) is 170 cm³/mol. The van der Waals surface area contributed by atoms with Crippen LogP contribution in [-0.2, 0) is 43.6 Å². The molecule has 3 N–H and O–H groups in total. The van der Waals surface area contributed by atoms with Crippen molar-refractivity contribution in [1.82, 2.24) is 15.1 Å². The van der Waals surface area contributed by atoms with E-state index in [0.29, 0.717) is 13.1 Å². The molecule has 3 aromatic carbocycles. The van der Waals surface area contributed by atoms with E-state index in [-0.39, 0.29) is 56.3 Å². The van der Waals surface area contributed by atoms with Crippen molar-refractivity contribution in [1.29, 1.82) is 0 Å². The number of amides is 3. The van der Waals surface area contributed by atoms with E-state index in [1.807, 2.05) is 78.9 Å². The smallest absolute Gasteiger partial charge is 0.408 e. The van der Waals surface area contributed by atoms with Crippen LogP contribution in [0.3, 0.4) is 0 Å². The number of rotatable bonds is 10. The van der Waals surface area contributed by atoms with Gasteiger partial charge < -0.3 is 29.7 Å². The first-order chi connectivity index (χ1) is 22.8. The average molecular weight is 644 g/mol. The summed E-state index contributed by atoms with van der Waals surface area (Å²) in [5, 5.41) is 22.1. The predicted octanol–water partition coefficient (Wildman–Crippen LogP) is 3.59. The van der Waals surface area contributed by atoms with Crippen molar-refractivity contribution in [2.24, 2.45) is 5.92 Å². The topological polar surface area (TPSA) is 138 Å². The zero-order valence-corrected chi connectivity index (χ0v) is 26.4. The molecule has 3 amide bonds. The number of nitrogens with zero attached hydrogens (tertiary/aromatic N) is 2. The van der Waals surface area contributed by atoms with E-state index in [2.05, 4.69) is 17.1 Å². The molecule has 0 aromatic heterocycles. The van der Waals surface area contributed by atoms with Crippen molar-refractivity contribution in [3.63, 3.8) is 0 Å². The lowest BCUT2D eigenvalue weighted by atomic mass is 9.90. The van der Waals surface area contributed by atoms with Gasteiger partial charge in [0.05, 0.1) is 37.9 Å². The van der Waals surface area contributed by atoms with E-state index in [9.17, 15) is 24.6 Å². The van der Waals surface area contributed by atoms with Gasteiger partial charge in [0.1, 0.15) is 12.6 Å². The Morgan fingerprint density at radius 1 is 0.936 bits per heavy atom. The number of benzene rings is 3. The molecular weight excluding hydrogens is 602 g/mol. The van der Waals surface area contributed by atoms with Crippen LogP contribution in [0, 0.1) is 5.92 Å². The van der Waals surface area contributed by atoms with Crippen LogP contribution in [0.15, 0.2) is 78.9 Å². The van der Waals surface area contributed by atoms with Crippen molar-refractivity contribution in [3.8, 4) is 0 Å². The van der Waals surface area contributed by atoms with E-state index >= 15 is 0 Å². The quantitative estimate of drug-likeness (QED) is 0.283. The molecule has 0 saturated carbocycles. The average Bonchev–Trinajstić information content (AvgIpc) is 3.62. The maximum absolute atomic E-state index is 13.0. The second-order valence-corrected chi connectivity index (χ2v) is 12.5. The van der Waals surface area contributed by atoms with E-state index < -0.39 is 24.3 Å². The van der Waals surface area contributed by atoms with Gasteiger partial charge in [-0.2, -0.15) is 0 Å². The van der Waals surface area contributed by atoms with Crippen LogP contribution >= 0.6 is 0 Å². The van der Waals surface area contributed by atoms with Gasteiger partial charge in [-0.05, 0) is 28.7 Å². The molecule has 3 aliphatic heterocycles. The number of nitrogens with one attached hydrogen (secondary N) is 1. The molecule has 0 radical (unpaired) electrons. The zero-order valence-electron chi connectivity index (χ0n) is 26.4. The largest absolute Gasteiger partial charge is 0.445 e. The van der Waals surface area contributed by atoms with Crippen LogP contribution in [0.1, 0.15) is 60.0 Å². The molecule has 0 aliphatic carbocycles. The number of likely N-dealkylation sites (tertiary alicyclic amines) is 2. The molecule has 0 spiro atoms. The summed E-state index contributed by atoms with van der Waals surface area (Å²) in [6, 6.07) is 23.4. The molecule has 3 aliphatic rings. The van der Waals surface area contributed by atoms with E-state index in [1.165, 1.54) is 0 Å². The lowest BCUT2D eigenvalue weighted by Gasteiger charge is -2.42. The normalized spacial score (nSPS) is 26.5.